The van der Waals surface area contributed by atoms with Gasteiger partial charge in [-0.2, -0.15) is 0 Å². The number of ketones is 2. The summed E-state index contributed by atoms with van der Waals surface area (Å²) < 4.78 is 5.61. The number of fused-ring (bicyclic) bond motifs is 3. The number of Topliss-reactive ketones (excluding diaryl/α,β-unsaturated/α-hetero) is 1. The molecule has 1 fully saturated rings. The highest BCUT2D eigenvalue weighted by molar-refractivity contribution is 6.58. The van der Waals surface area contributed by atoms with Crippen LogP contribution in [0.5, 0.6) is 11.5 Å². The van der Waals surface area contributed by atoms with Crippen molar-refractivity contribution in [2.24, 2.45) is 17.8 Å². The number of carbonyl (C=O) groups excluding carboxylic acids is 4. The number of allylic oxidation sites excluding steroid dienone is 6. The first-order valence-corrected chi connectivity index (χ1v) is 13.6. The Labute approximate surface area is 236 Å². The van der Waals surface area contributed by atoms with E-state index in [9.17, 15) is 34.3 Å². The molecule has 1 saturated heterocycles. The summed E-state index contributed by atoms with van der Waals surface area (Å²) in [6.07, 6.45) is 3.66. The number of carbonyl (C=O) groups is 4. The van der Waals surface area contributed by atoms with E-state index in [4.69, 9.17) is 4.74 Å². The van der Waals surface area contributed by atoms with Crippen LogP contribution >= 0.6 is 0 Å². The topological polar surface area (TPSA) is 141 Å². The van der Waals surface area contributed by atoms with Gasteiger partial charge in [-0.3, -0.25) is 24.1 Å². The van der Waals surface area contributed by atoms with Crippen LogP contribution in [-0.4, -0.2) is 52.3 Å². The summed E-state index contributed by atoms with van der Waals surface area (Å²) in [7, 11) is -1.76. The van der Waals surface area contributed by atoms with Gasteiger partial charge in [0.05, 0.1) is 24.1 Å². The van der Waals surface area contributed by atoms with E-state index in [0.717, 1.165) is 10.5 Å². The Morgan fingerprint density at radius 3 is 2.54 bits per heavy atom. The summed E-state index contributed by atoms with van der Waals surface area (Å²) in [5.41, 5.74) is 2.86. The van der Waals surface area contributed by atoms with Crippen molar-refractivity contribution in [3.63, 3.8) is 0 Å². The zero-order valence-corrected chi connectivity index (χ0v) is 22.5. The first kappa shape index (κ1) is 26.9. The number of ether oxygens (including phenoxy) is 1. The number of hydrogen-bond donors (Lipinski definition) is 3. The van der Waals surface area contributed by atoms with Crippen molar-refractivity contribution >= 4 is 41.6 Å². The molecule has 0 bridgehead atoms. The molecule has 0 saturated carbocycles. The second-order valence-corrected chi connectivity index (χ2v) is 10.9. The quantitative estimate of drug-likeness (QED) is 0.221. The summed E-state index contributed by atoms with van der Waals surface area (Å²) in [5, 5.41) is 29.6. The third kappa shape index (κ3) is 4.17. The first-order valence-electron chi connectivity index (χ1n) is 13.6. The summed E-state index contributed by atoms with van der Waals surface area (Å²) in [5.74, 6) is -3.75. The van der Waals surface area contributed by atoms with Crippen molar-refractivity contribution in [1.29, 1.82) is 0 Å². The SMILES string of the molecule is CCOc1cc(C2C3=CCC4C(=O)N(c5cccc(B(O)O)c5)C(=O)C4C3CC3=C2C(=O)C(C)=CC3=O)ccc1O. The van der Waals surface area contributed by atoms with Gasteiger partial charge in [-0.15, -0.1) is 0 Å². The summed E-state index contributed by atoms with van der Waals surface area (Å²) in [4.78, 5) is 55.6. The van der Waals surface area contributed by atoms with E-state index in [1.165, 1.54) is 24.3 Å². The molecule has 0 aromatic heterocycles. The molecule has 4 unspecified atom stereocenters. The van der Waals surface area contributed by atoms with Crippen LogP contribution in [0.25, 0.3) is 0 Å². The molecule has 2 aromatic carbocycles. The van der Waals surface area contributed by atoms with Crippen molar-refractivity contribution in [1.82, 2.24) is 0 Å². The predicted molar refractivity (Wildman–Crippen MR) is 149 cm³/mol. The van der Waals surface area contributed by atoms with Gasteiger partial charge in [0.15, 0.2) is 23.1 Å². The molecule has 0 radical (unpaired) electrons. The highest BCUT2D eigenvalue weighted by Gasteiger charge is 2.56. The molecule has 9 nitrogen and oxygen atoms in total. The van der Waals surface area contributed by atoms with Crippen molar-refractivity contribution in [3.05, 3.63) is 82.5 Å². The van der Waals surface area contributed by atoms with Crippen LogP contribution in [0.3, 0.4) is 0 Å². The monoisotopic (exact) mass is 553 g/mol. The molecule has 0 spiro atoms. The van der Waals surface area contributed by atoms with Gasteiger partial charge in [0.2, 0.25) is 11.8 Å². The Hall–Kier alpha value is -4.28. The molecule has 2 amide bonds. The highest BCUT2D eigenvalue weighted by atomic mass is 16.5. The number of aromatic hydroxyl groups is 1. The fourth-order valence-electron chi connectivity index (χ4n) is 6.80. The van der Waals surface area contributed by atoms with Crippen molar-refractivity contribution in [3.8, 4) is 11.5 Å². The molecule has 41 heavy (non-hydrogen) atoms. The predicted octanol–water partition coefficient (Wildman–Crippen LogP) is 2.10. The molecule has 3 N–H and O–H groups in total. The van der Waals surface area contributed by atoms with E-state index in [-0.39, 0.29) is 53.0 Å². The molecule has 6 rings (SSSR count). The van der Waals surface area contributed by atoms with Gasteiger partial charge in [-0.05, 0) is 74.0 Å². The maximum atomic E-state index is 14.0. The fraction of sp³-hybridized carbons (Fsp3) is 0.290. The lowest BCUT2D eigenvalue weighted by molar-refractivity contribution is -0.123. The van der Waals surface area contributed by atoms with Crippen molar-refractivity contribution in [2.45, 2.75) is 32.6 Å². The number of benzene rings is 2. The Balaban J connectivity index is 1.47. The fourth-order valence-corrected chi connectivity index (χ4v) is 6.80. The summed E-state index contributed by atoms with van der Waals surface area (Å²) >= 11 is 0. The minimum absolute atomic E-state index is 0.0561. The van der Waals surface area contributed by atoms with Gasteiger partial charge in [0.25, 0.3) is 0 Å². The van der Waals surface area contributed by atoms with Crippen molar-refractivity contribution in [2.75, 3.05) is 11.5 Å². The lowest BCUT2D eigenvalue weighted by Gasteiger charge is -2.42. The zero-order chi connectivity index (χ0) is 29.2. The van der Waals surface area contributed by atoms with Crippen molar-refractivity contribution < 1.29 is 39.1 Å². The number of anilines is 1. The van der Waals surface area contributed by atoms with Crippen LogP contribution in [0.4, 0.5) is 5.69 Å². The van der Waals surface area contributed by atoms with Crippen LogP contribution in [0.15, 0.2) is 76.9 Å². The Morgan fingerprint density at radius 2 is 1.80 bits per heavy atom. The lowest BCUT2D eigenvalue weighted by Crippen LogP contribution is -2.40. The largest absolute Gasteiger partial charge is 0.504 e. The standard InChI is InChI=1S/C31H28BNO8/c1-3-41-25-12-16(7-10-23(25)34)26-19-8-9-20-27(21(19)14-22-24(35)11-15(2)29(36)28(22)26)31(38)33(30(20)37)18-6-4-5-17(13-18)32(39)40/h4-8,10-13,20-21,26-27,34,39-40H,3,9,14H2,1-2H3. The molecule has 4 atom stereocenters. The minimum atomic E-state index is -1.76. The van der Waals surface area contributed by atoms with E-state index in [1.54, 1.807) is 38.1 Å². The lowest BCUT2D eigenvalue weighted by atomic mass is 9.59. The van der Waals surface area contributed by atoms with E-state index in [2.05, 4.69) is 0 Å². The minimum Gasteiger partial charge on any atom is -0.504 e. The Bertz CT molecular complexity index is 1620. The first-order chi connectivity index (χ1) is 19.6. The Kier molecular flexibility index (Phi) is 6.55. The molecule has 2 aromatic rings. The Morgan fingerprint density at radius 1 is 1.02 bits per heavy atom. The van der Waals surface area contributed by atoms with Crippen LogP contribution in [0, 0.1) is 17.8 Å². The average molecular weight is 553 g/mol. The molecule has 208 valence electrons. The number of phenolic OH excluding ortho intramolecular Hbond substituents is 1. The molecule has 4 aliphatic rings. The normalized spacial score (nSPS) is 25.4. The van der Waals surface area contributed by atoms with Gasteiger partial charge in [0.1, 0.15) is 0 Å². The number of amides is 2. The maximum Gasteiger partial charge on any atom is 0.488 e. The van der Waals surface area contributed by atoms with E-state index < -0.39 is 36.7 Å². The number of nitrogens with zero attached hydrogens (tertiary/aromatic N) is 1. The van der Waals surface area contributed by atoms with E-state index >= 15 is 0 Å². The average Bonchev–Trinajstić information content (AvgIpc) is 3.21. The molecular weight excluding hydrogens is 525 g/mol. The third-order valence-electron chi connectivity index (χ3n) is 8.61. The van der Waals surface area contributed by atoms with Gasteiger partial charge in [-0.25, -0.2) is 0 Å². The van der Waals surface area contributed by atoms with Crippen LogP contribution in [-0.2, 0) is 19.2 Å². The number of phenols is 1. The second kappa shape index (κ2) is 9.97. The molecule has 3 aliphatic carbocycles. The van der Waals surface area contributed by atoms with Crippen LogP contribution in [0.2, 0.25) is 0 Å². The van der Waals surface area contributed by atoms with Crippen LogP contribution < -0.4 is 15.1 Å². The molecule has 10 heteroatoms. The molecular formula is C31H28BNO8. The number of hydrogen-bond acceptors (Lipinski definition) is 8. The third-order valence-corrected chi connectivity index (χ3v) is 8.61. The summed E-state index contributed by atoms with van der Waals surface area (Å²) in [6.45, 7) is 3.70. The highest BCUT2D eigenvalue weighted by Crippen LogP contribution is 2.55. The van der Waals surface area contributed by atoms with Gasteiger partial charge < -0.3 is 19.9 Å². The second-order valence-electron chi connectivity index (χ2n) is 10.9. The number of rotatable bonds is 5. The van der Waals surface area contributed by atoms with E-state index in [0.29, 0.717) is 28.9 Å². The van der Waals surface area contributed by atoms with E-state index in [1.807, 2.05) is 6.08 Å². The summed E-state index contributed by atoms with van der Waals surface area (Å²) in [6, 6.07) is 10.8. The van der Waals surface area contributed by atoms with Gasteiger partial charge in [-0.1, -0.05) is 29.8 Å². The maximum absolute atomic E-state index is 14.0. The smallest absolute Gasteiger partial charge is 0.488 e. The number of imide groups is 1. The van der Waals surface area contributed by atoms with Crippen LogP contribution in [0.1, 0.15) is 38.2 Å². The molecule has 1 aliphatic heterocycles. The van der Waals surface area contributed by atoms with Gasteiger partial charge >= 0.3 is 7.12 Å². The van der Waals surface area contributed by atoms with Gasteiger partial charge in [0, 0.05) is 22.6 Å². The zero-order valence-electron chi connectivity index (χ0n) is 22.5. The molecule has 1 heterocycles.